The van der Waals surface area contributed by atoms with E-state index in [0.29, 0.717) is 22.5 Å². The number of imidazole rings is 1. The Hall–Kier alpha value is -2.67. The molecule has 0 amide bonds. The first kappa shape index (κ1) is 11.4. The van der Waals surface area contributed by atoms with Crippen molar-refractivity contribution in [1.29, 1.82) is 5.26 Å². The zero-order valence-corrected chi connectivity index (χ0v) is 10.2. The number of H-pyrrole nitrogens is 1. The number of nitriles is 1. The normalized spacial score (nSPS) is 10.6. The van der Waals surface area contributed by atoms with Crippen LogP contribution in [0, 0.1) is 24.1 Å². The summed E-state index contributed by atoms with van der Waals surface area (Å²) in [6.45, 7) is 1.90. The van der Waals surface area contributed by atoms with Crippen LogP contribution in [-0.4, -0.2) is 9.97 Å². The van der Waals surface area contributed by atoms with Gasteiger partial charge in [0, 0.05) is 0 Å². The average molecular weight is 251 g/mol. The number of nitrogens with zero attached hydrogens (tertiary/aromatic N) is 2. The molecule has 0 saturated carbocycles. The van der Waals surface area contributed by atoms with Crippen LogP contribution in [0.2, 0.25) is 0 Å². The topological polar surface area (TPSA) is 52.5 Å². The largest absolute Gasteiger partial charge is 0.338 e. The molecule has 0 aliphatic rings. The van der Waals surface area contributed by atoms with Gasteiger partial charge in [0.15, 0.2) is 0 Å². The smallest absolute Gasteiger partial charge is 0.141 e. The third kappa shape index (κ3) is 1.85. The van der Waals surface area contributed by atoms with Crippen molar-refractivity contribution < 1.29 is 4.39 Å². The summed E-state index contributed by atoms with van der Waals surface area (Å²) >= 11 is 0. The molecule has 2 aromatic carbocycles. The van der Waals surface area contributed by atoms with Gasteiger partial charge in [-0.15, -0.1) is 0 Å². The van der Waals surface area contributed by atoms with Crippen molar-refractivity contribution in [2.45, 2.75) is 6.92 Å². The van der Waals surface area contributed by atoms with E-state index in [-0.39, 0.29) is 5.82 Å². The van der Waals surface area contributed by atoms with Gasteiger partial charge in [-0.05, 0) is 31.2 Å². The van der Waals surface area contributed by atoms with Crippen LogP contribution >= 0.6 is 0 Å². The van der Waals surface area contributed by atoms with Gasteiger partial charge in [-0.2, -0.15) is 5.26 Å². The van der Waals surface area contributed by atoms with E-state index >= 15 is 0 Å². The number of nitrogens with one attached hydrogen (secondary N) is 1. The monoisotopic (exact) mass is 251 g/mol. The summed E-state index contributed by atoms with van der Waals surface area (Å²) in [5.41, 5.74) is 3.15. The molecule has 1 N–H and O–H groups in total. The minimum absolute atomic E-state index is 0.330. The van der Waals surface area contributed by atoms with Crippen LogP contribution in [0.5, 0.6) is 0 Å². The van der Waals surface area contributed by atoms with Crippen molar-refractivity contribution >= 4 is 11.0 Å². The molecule has 0 fully saturated rings. The Morgan fingerprint density at radius 3 is 2.89 bits per heavy atom. The van der Waals surface area contributed by atoms with Crippen molar-refractivity contribution in [2.75, 3.05) is 0 Å². The second kappa shape index (κ2) is 4.21. The number of hydrogen-bond donors (Lipinski definition) is 1. The molecule has 0 saturated heterocycles. The molecular formula is C15H10FN3. The van der Waals surface area contributed by atoms with Gasteiger partial charge in [0.1, 0.15) is 23.2 Å². The summed E-state index contributed by atoms with van der Waals surface area (Å²) in [6, 6.07) is 12.2. The van der Waals surface area contributed by atoms with Crippen LogP contribution in [0.3, 0.4) is 0 Å². The fraction of sp³-hybridized carbons (Fsp3) is 0.0667. The molecular weight excluding hydrogens is 241 g/mol. The van der Waals surface area contributed by atoms with Crippen molar-refractivity contribution in [1.82, 2.24) is 9.97 Å². The lowest BCUT2D eigenvalue weighted by Gasteiger charge is -2.00. The number of aromatic nitrogens is 2. The number of fused-ring (bicyclic) bond motifs is 1. The van der Waals surface area contributed by atoms with Crippen molar-refractivity contribution in [3.63, 3.8) is 0 Å². The first-order valence-electron chi connectivity index (χ1n) is 5.84. The van der Waals surface area contributed by atoms with Gasteiger partial charge >= 0.3 is 0 Å². The van der Waals surface area contributed by atoms with E-state index in [9.17, 15) is 4.39 Å². The van der Waals surface area contributed by atoms with Crippen LogP contribution in [0.1, 0.15) is 11.1 Å². The Morgan fingerprint density at radius 1 is 1.26 bits per heavy atom. The number of rotatable bonds is 1. The van der Waals surface area contributed by atoms with E-state index in [2.05, 4.69) is 16.0 Å². The predicted octanol–water partition coefficient (Wildman–Crippen LogP) is 3.55. The van der Waals surface area contributed by atoms with E-state index in [4.69, 9.17) is 5.26 Å². The number of aromatic amines is 1. The molecule has 0 bridgehead atoms. The van der Waals surface area contributed by atoms with Gasteiger partial charge in [-0.25, -0.2) is 9.37 Å². The van der Waals surface area contributed by atoms with E-state index in [1.54, 1.807) is 24.3 Å². The molecule has 3 aromatic rings. The highest BCUT2D eigenvalue weighted by atomic mass is 19.1. The number of aryl methyl sites for hydroxylation is 1. The number of hydrogen-bond acceptors (Lipinski definition) is 2. The van der Waals surface area contributed by atoms with E-state index in [1.165, 1.54) is 6.07 Å². The molecule has 3 nitrogen and oxygen atoms in total. The first-order valence-corrected chi connectivity index (χ1v) is 5.84. The number of para-hydroxylation sites is 1. The third-order valence-corrected chi connectivity index (χ3v) is 3.01. The summed E-state index contributed by atoms with van der Waals surface area (Å²) in [5.74, 6) is 0.113. The van der Waals surface area contributed by atoms with Gasteiger partial charge < -0.3 is 4.98 Å². The van der Waals surface area contributed by atoms with Crippen LogP contribution < -0.4 is 0 Å². The Bertz CT molecular complexity index is 812. The van der Waals surface area contributed by atoms with Crippen LogP contribution in [0.15, 0.2) is 36.4 Å². The molecule has 0 aliphatic heterocycles. The Labute approximate surface area is 109 Å². The summed E-state index contributed by atoms with van der Waals surface area (Å²) < 4.78 is 13.8. The highest BCUT2D eigenvalue weighted by Crippen LogP contribution is 2.25. The quantitative estimate of drug-likeness (QED) is 0.719. The van der Waals surface area contributed by atoms with Crippen LogP contribution in [0.4, 0.5) is 4.39 Å². The molecule has 0 radical (unpaired) electrons. The SMILES string of the molecule is Cc1ccc(F)c(-c2nc3c(C#N)cccc3[nH]2)c1. The maximum absolute atomic E-state index is 13.8. The standard InChI is InChI=1S/C15H10FN3/c1-9-5-6-12(16)11(7-9)15-18-13-4-2-3-10(8-17)14(13)19-15/h2-7H,1H3,(H,18,19). The molecule has 4 heteroatoms. The highest BCUT2D eigenvalue weighted by molar-refractivity contribution is 5.84. The van der Waals surface area contributed by atoms with Gasteiger partial charge in [0.25, 0.3) is 0 Å². The summed E-state index contributed by atoms with van der Waals surface area (Å²) in [4.78, 5) is 7.39. The first-order chi connectivity index (χ1) is 9.19. The lowest BCUT2D eigenvalue weighted by Crippen LogP contribution is -1.87. The van der Waals surface area contributed by atoms with Gasteiger partial charge in [0.05, 0.1) is 16.6 Å². The molecule has 0 atom stereocenters. The zero-order chi connectivity index (χ0) is 13.4. The molecule has 1 heterocycles. The predicted molar refractivity (Wildman–Crippen MR) is 70.9 cm³/mol. The van der Waals surface area contributed by atoms with E-state index < -0.39 is 0 Å². The number of halogens is 1. The lowest BCUT2D eigenvalue weighted by atomic mass is 10.1. The van der Waals surface area contributed by atoms with E-state index in [1.807, 2.05) is 13.0 Å². The fourth-order valence-electron chi connectivity index (χ4n) is 2.07. The fourth-order valence-corrected chi connectivity index (χ4v) is 2.07. The molecule has 19 heavy (non-hydrogen) atoms. The second-order valence-corrected chi connectivity index (χ2v) is 4.38. The second-order valence-electron chi connectivity index (χ2n) is 4.38. The summed E-state index contributed by atoms with van der Waals surface area (Å²) in [5, 5.41) is 9.04. The summed E-state index contributed by atoms with van der Waals surface area (Å²) in [7, 11) is 0. The molecule has 1 aromatic heterocycles. The summed E-state index contributed by atoms with van der Waals surface area (Å²) in [6.07, 6.45) is 0. The average Bonchev–Trinajstić information content (AvgIpc) is 2.85. The van der Waals surface area contributed by atoms with Crippen molar-refractivity contribution in [3.05, 3.63) is 53.3 Å². The zero-order valence-electron chi connectivity index (χ0n) is 10.2. The maximum atomic E-state index is 13.8. The Morgan fingerprint density at radius 2 is 2.11 bits per heavy atom. The van der Waals surface area contributed by atoms with Gasteiger partial charge in [-0.1, -0.05) is 17.7 Å². The number of benzene rings is 2. The third-order valence-electron chi connectivity index (χ3n) is 3.01. The van der Waals surface area contributed by atoms with Gasteiger partial charge in [-0.3, -0.25) is 0 Å². The van der Waals surface area contributed by atoms with Crippen LogP contribution in [0.25, 0.3) is 22.4 Å². The Kier molecular flexibility index (Phi) is 2.53. The van der Waals surface area contributed by atoms with Crippen molar-refractivity contribution in [3.8, 4) is 17.5 Å². The molecule has 0 spiro atoms. The minimum Gasteiger partial charge on any atom is -0.338 e. The molecule has 0 aliphatic carbocycles. The van der Waals surface area contributed by atoms with Gasteiger partial charge in [0.2, 0.25) is 0 Å². The lowest BCUT2D eigenvalue weighted by molar-refractivity contribution is 0.630. The molecule has 3 rings (SSSR count). The van der Waals surface area contributed by atoms with E-state index in [0.717, 1.165) is 11.1 Å². The Balaban J connectivity index is 2.27. The highest BCUT2D eigenvalue weighted by Gasteiger charge is 2.12. The molecule has 92 valence electrons. The minimum atomic E-state index is -0.330. The maximum Gasteiger partial charge on any atom is 0.141 e. The van der Waals surface area contributed by atoms with Crippen molar-refractivity contribution in [2.24, 2.45) is 0 Å². The van der Waals surface area contributed by atoms with Crippen LogP contribution in [-0.2, 0) is 0 Å². The molecule has 0 unspecified atom stereocenters.